The Kier molecular flexibility index (Phi) is 6.64. The minimum Gasteiger partial charge on any atom is -0.431 e. The number of nitrogens with two attached hydrogens (primary N) is 1. The number of hydrogen-bond donors (Lipinski definition) is 2. The van der Waals surface area contributed by atoms with E-state index in [-0.39, 0.29) is 33.4 Å². The molecule has 1 unspecified atom stereocenters. The Hall–Kier alpha value is -0.920. The van der Waals surface area contributed by atoms with E-state index in [2.05, 4.69) is 26.0 Å². The minimum absolute atomic E-state index is 0.0709. The molecule has 0 aromatic heterocycles. The number of carbonyl (C=O) groups excluding carboxylic acids is 1. The Bertz CT molecular complexity index is 485. The average molecular weight is 372 g/mol. The van der Waals surface area contributed by atoms with Gasteiger partial charge in [0.15, 0.2) is 5.75 Å². The van der Waals surface area contributed by atoms with E-state index < -0.39 is 12.5 Å². The Morgan fingerprint density at radius 1 is 1.55 bits per heavy atom. The number of halogens is 4. The molecule has 0 bridgehead atoms. The van der Waals surface area contributed by atoms with Crippen LogP contribution in [0.2, 0.25) is 5.02 Å². The Morgan fingerprint density at radius 3 is 2.70 bits per heavy atom. The molecule has 0 saturated carbocycles. The summed E-state index contributed by atoms with van der Waals surface area (Å²) >= 11 is 8.91. The summed E-state index contributed by atoms with van der Waals surface area (Å²) in [6.07, 6.45) is 0.537. The molecule has 0 aliphatic carbocycles. The van der Waals surface area contributed by atoms with Gasteiger partial charge < -0.3 is 15.8 Å². The monoisotopic (exact) mass is 370 g/mol. The largest absolute Gasteiger partial charge is 0.431 e. The van der Waals surface area contributed by atoms with E-state index in [1.165, 1.54) is 12.1 Å². The molecule has 1 amide bonds. The lowest BCUT2D eigenvalue weighted by Crippen LogP contribution is -2.29. The Balaban J connectivity index is 3.06. The minimum atomic E-state index is -3.01. The molecular weight excluding hydrogens is 357 g/mol. The second-order valence-electron chi connectivity index (χ2n) is 3.97. The maximum Gasteiger partial charge on any atom is 0.387 e. The first-order valence-corrected chi connectivity index (χ1v) is 7.00. The molecule has 0 heterocycles. The van der Waals surface area contributed by atoms with Crippen LogP contribution in [-0.2, 0) is 4.79 Å². The average Bonchev–Trinajstić information content (AvgIpc) is 2.34. The molecule has 0 spiro atoms. The first-order valence-electron chi connectivity index (χ1n) is 5.83. The summed E-state index contributed by atoms with van der Waals surface area (Å²) < 4.78 is 29.4. The maximum atomic E-state index is 12.4. The molecule has 1 aromatic rings. The highest BCUT2D eigenvalue weighted by Crippen LogP contribution is 2.37. The molecule has 1 rings (SSSR count). The smallest absolute Gasteiger partial charge is 0.387 e. The van der Waals surface area contributed by atoms with Crippen LogP contribution in [0.3, 0.4) is 0 Å². The van der Waals surface area contributed by atoms with Crippen LogP contribution in [-0.4, -0.2) is 19.1 Å². The topological polar surface area (TPSA) is 64.4 Å². The number of rotatable bonds is 6. The van der Waals surface area contributed by atoms with E-state index in [1.54, 1.807) is 0 Å². The van der Waals surface area contributed by atoms with Gasteiger partial charge in [0.25, 0.3) is 0 Å². The Morgan fingerprint density at radius 2 is 2.20 bits per heavy atom. The third-order valence-corrected chi connectivity index (χ3v) is 3.43. The number of hydrogen-bond acceptors (Lipinski definition) is 3. The lowest BCUT2D eigenvalue weighted by Gasteiger charge is -2.17. The molecule has 4 nitrogen and oxygen atoms in total. The van der Waals surface area contributed by atoms with E-state index in [0.29, 0.717) is 6.42 Å². The van der Waals surface area contributed by atoms with Gasteiger partial charge in [-0.05, 0) is 34.5 Å². The van der Waals surface area contributed by atoms with Gasteiger partial charge >= 0.3 is 6.61 Å². The van der Waals surface area contributed by atoms with Crippen LogP contribution in [0, 0.1) is 5.92 Å². The molecule has 112 valence electrons. The van der Waals surface area contributed by atoms with Gasteiger partial charge in [-0.15, -0.1) is 0 Å². The molecule has 8 heteroatoms. The zero-order valence-electron chi connectivity index (χ0n) is 10.6. The summed E-state index contributed by atoms with van der Waals surface area (Å²) in [4.78, 5) is 11.9. The summed E-state index contributed by atoms with van der Waals surface area (Å²) in [5, 5.41) is 2.78. The number of anilines is 1. The van der Waals surface area contributed by atoms with Crippen molar-refractivity contribution in [1.29, 1.82) is 0 Å². The zero-order chi connectivity index (χ0) is 15.3. The molecule has 1 aromatic carbocycles. The number of alkyl halides is 2. The van der Waals surface area contributed by atoms with Crippen LogP contribution in [0.1, 0.15) is 13.3 Å². The predicted molar refractivity (Wildman–Crippen MR) is 77.2 cm³/mol. The van der Waals surface area contributed by atoms with Crippen molar-refractivity contribution < 1.29 is 18.3 Å². The lowest BCUT2D eigenvalue weighted by atomic mass is 10.1. The van der Waals surface area contributed by atoms with E-state index in [0.717, 1.165) is 0 Å². The highest BCUT2D eigenvalue weighted by molar-refractivity contribution is 9.10. The molecule has 20 heavy (non-hydrogen) atoms. The van der Waals surface area contributed by atoms with Gasteiger partial charge in [-0.2, -0.15) is 8.78 Å². The molecule has 0 saturated heterocycles. The third kappa shape index (κ3) is 4.57. The third-order valence-electron chi connectivity index (χ3n) is 2.62. The van der Waals surface area contributed by atoms with Crippen molar-refractivity contribution in [2.24, 2.45) is 11.7 Å². The first-order chi connectivity index (χ1) is 9.38. The van der Waals surface area contributed by atoms with E-state index in [4.69, 9.17) is 17.3 Å². The maximum absolute atomic E-state index is 12.4. The van der Waals surface area contributed by atoms with Gasteiger partial charge in [0.2, 0.25) is 5.91 Å². The second-order valence-corrected chi connectivity index (χ2v) is 5.26. The number of amides is 1. The van der Waals surface area contributed by atoms with Crippen molar-refractivity contribution in [1.82, 2.24) is 0 Å². The van der Waals surface area contributed by atoms with Crippen LogP contribution in [0.25, 0.3) is 0 Å². The van der Waals surface area contributed by atoms with Gasteiger partial charge in [0.05, 0.1) is 16.1 Å². The van der Waals surface area contributed by atoms with E-state index >= 15 is 0 Å². The number of ether oxygens (including phenoxy) is 1. The van der Waals surface area contributed by atoms with Crippen molar-refractivity contribution in [3.05, 3.63) is 21.6 Å². The SMILES string of the molecule is CCC(CN)C(=O)Nc1cc(Cl)cc(Br)c1OC(F)F. The van der Waals surface area contributed by atoms with Crippen LogP contribution in [0.5, 0.6) is 5.75 Å². The van der Waals surface area contributed by atoms with Crippen molar-refractivity contribution in [2.45, 2.75) is 20.0 Å². The van der Waals surface area contributed by atoms with Gasteiger partial charge in [0.1, 0.15) is 0 Å². The van der Waals surface area contributed by atoms with Crippen molar-refractivity contribution in [3.8, 4) is 5.75 Å². The van der Waals surface area contributed by atoms with Crippen LogP contribution in [0.15, 0.2) is 16.6 Å². The molecule has 0 fully saturated rings. The molecule has 0 aliphatic heterocycles. The summed E-state index contributed by atoms with van der Waals surface area (Å²) in [5.41, 5.74) is 5.54. The van der Waals surface area contributed by atoms with Gasteiger partial charge in [-0.25, -0.2) is 0 Å². The van der Waals surface area contributed by atoms with E-state index in [9.17, 15) is 13.6 Å². The molecular formula is C12H14BrClF2N2O2. The summed E-state index contributed by atoms with van der Waals surface area (Å²) in [5.74, 6) is -0.958. The summed E-state index contributed by atoms with van der Waals surface area (Å²) in [7, 11) is 0. The highest BCUT2D eigenvalue weighted by Gasteiger charge is 2.20. The van der Waals surface area contributed by atoms with Crippen molar-refractivity contribution >= 4 is 39.1 Å². The fraction of sp³-hybridized carbons (Fsp3) is 0.417. The first kappa shape index (κ1) is 17.1. The van der Waals surface area contributed by atoms with Crippen LogP contribution < -0.4 is 15.8 Å². The van der Waals surface area contributed by atoms with Crippen molar-refractivity contribution in [3.63, 3.8) is 0 Å². The normalized spacial score (nSPS) is 12.3. The van der Waals surface area contributed by atoms with Gasteiger partial charge in [0, 0.05) is 11.6 Å². The zero-order valence-corrected chi connectivity index (χ0v) is 13.0. The van der Waals surface area contributed by atoms with Gasteiger partial charge in [-0.1, -0.05) is 18.5 Å². The quantitative estimate of drug-likeness (QED) is 0.802. The fourth-order valence-electron chi connectivity index (χ4n) is 1.56. The molecule has 0 aliphatic rings. The lowest BCUT2D eigenvalue weighted by molar-refractivity contribution is -0.119. The van der Waals surface area contributed by atoms with Crippen LogP contribution >= 0.6 is 27.5 Å². The van der Waals surface area contributed by atoms with Gasteiger partial charge in [-0.3, -0.25) is 4.79 Å². The predicted octanol–water partition coefficient (Wildman–Crippen LogP) is 3.63. The molecule has 3 N–H and O–H groups in total. The Labute approximate surface area is 128 Å². The number of benzene rings is 1. The highest BCUT2D eigenvalue weighted by atomic mass is 79.9. The van der Waals surface area contributed by atoms with E-state index in [1.807, 2.05) is 6.92 Å². The second kappa shape index (κ2) is 7.75. The summed E-state index contributed by atoms with van der Waals surface area (Å²) in [6.45, 7) is -1.05. The molecule has 0 radical (unpaired) electrons. The number of carbonyl (C=O) groups is 1. The molecule has 1 atom stereocenters. The fourth-order valence-corrected chi connectivity index (χ4v) is 2.46. The standard InChI is InChI=1S/C12H14BrClF2N2O2/c1-2-6(5-17)11(19)18-9-4-7(14)3-8(13)10(9)20-12(15)16/h3-4,6,12H,2,5,17H2,1H3,(H,18,19). The van der Waals surface area contributed by atoms with Crippen molar-refractivity contribution in [2.75, 3.05) is 11.9 Å². The summed E-state index contributed by atoms with van der Waals surface area (Å²) in [6, 6.07) is 2.74. The van der Waals surface area contributed by atoms with Crippen LogP contribution in [0.4, 0.5) is 14.5 Å². The number of nitrogens with one attached hydrogen (secondary N) is 1.